The van der Waals surface area contributed by atoms with Gasteiger partial charge in [-0.05, 0) is 37.0 Å². The molecule has 0 radical (unpaired) electrons. The van der Waals surface area contributed by atoms with Crippen molar-refractivity contribution >= 4 is 15.7 Å². The van der Waals surface area contributed by atoms with Crippen molar-refractivity contribution in [1.82, 2.24) is 4.72 Å². The fraction of sp³-hybridized carbons (Fsp3) is 0.571. The second-order valence-corrected chi connectivity index (χ2v) is 6.86. The zero-order valence-electron chi connectivity index (χ0n) is 11.4. The Morgan fingerprint density at radius 2 is 1.95 bits per heavy atom. The molecule has 1 aliphatic carbocycles. The summed E-state index contributed by atoms with van der Waals surface area (Å²) in [7, 11) is -3.46. The van der Waals surface area contributed by atoms with E-state index in [1.54, 1.807) is 18.2 Å². The highest BCUT2D eigenvalue weighted by Crippen LogP contribution is 2.23. The van der Waals surface area contributed by atoms with Crippen molar-refractivity contribution in [3.05, 3.63) is 23.8 Å². The molecule has 0 amide bonds. The molecule has 0 aromatic heterocycles. The van der Waals surface area contributed by atoms with E-state index in [9.17, 15) is 8.42 Å². The molecule has 1 aromatic carbocycles. The Hall–Kier alpha value is -1.07. The van der Waals surface area contributed by atoms with E-state index in [1.165, 1.54) is 6.42 Å². The molecule has 3 N–H and O–H groups in total. The fourth-order valence-corrected chi connectivity index (χ4v) is 4.27. The van der Waals surface area contributed by atoms with Crippen LogP contribution in [-0.4, -0.2) is 14.5 Å². The summed E-state index contributed by atoms with van der Waals surface area (Å²) in [6, 6.07) is 5.18. The van der Waals surface area contributed by atoms with Gasteiger partial charge < -0.3 is 5.73 Å². The van der Waals surface area contributed by atoms with Gasteiger partial charge in [-0.3, -0.25) is 0 Å². The van der Waals surface area contributed by atoms with Gasteiger partial charge in [0.1, 0.15) is 0 Å². The first-order chi connectivity index (χ1) is 9.03. The summed E-state index contributed by atoms with van der Waals surface area (Å²) in [5, 5.41) is 0. The quantitative estimate of drug-likeness (QED) is 0.833. The molecule has 106 valence electrons. The Labute approximate surface area is 115 Å². The average Bonchev–Trinajstić information content (AvgIpc) is 2.39. The molecule has 0 bridgehead atoms. The molecule has 0 heterocycles. The van der Waals surface area contributed by atoms with Crippen molar-refractivity contribution in [2.45, 2.75) is 56.4 Å². The highest BCUT2D eigenvalue weighted by molar-refractivity contribution is 7.89. The number of aryl methyl sites for hydroxylation is 1. The molecule has 1 saturated carbocycles. The third-order valence-corrected chi connectivity index (χ3v) is 5.29. The second-order valence-electron chi connectivity index (χ2n) is 5.18. The summed E-state index contributed by atoms with van der Waals surface area (Å²) in [5.41, 5.74) is 7.02. The summed E-state index contributed by atoms with van der Waals surface area (Å²) in [5.74, 6) is 0. The largest absolute Gasteiger partial charge is 0.399 e. The SMILES string of the molecule is CCc1ccc(N)cc1S(=O)(=O)NC1CCCCC1. The van der Waals surface area contributed by atoms with E-state index in [0.717, 1.165) is 31.2 Å². The van der Waals surface area contributed by atoms with Crippen molar-refractivity contribution in [1.29, 1.82) is 0 Å². The molecule has 4 nitrogen and oxygen atoms in total. The van der Waals surface area contributed by atoms with Gasteiger partial charge in [0.2, 0.25) is 10.0 Å². The van der Waals surface area contributed by atoms with Gasteiger partial charge >= 0.3 is 0 Å². The van der Waals surface area contributed by atoms with Gasteiger partial charge in [-0.15, -0.1) is 0 Å². The number of sulfonamides is 1. The van der Waals surface area contributed by atoms with Crippen molar-refractivity contribution in [2.75, 3.05) is 5.73 Å². The van der Waals surface area contributed by atoms with Crippen LogP contribution in [0.25, 0.3) is 0 Å². The van der Waals surface area contributed by atoms with Gasteiger partial charge in [0.25, 0.3) is 0 Å². The minimum atomic E-state index is -3.46. The van der Waals surface area contributed by atoms with Gasteiger partial charge in [-0.2, -0.15) is 0 Å². The van der Waals surface area contributed by atoms with Gasteiger partial charge in [0.15, 0.2) is 0 Å². The molecular weight excluding hydrogens is 260 g/mol. The Bertz CT molecular complexity index is 534. The molecule has 0 spiro atoms. The molecule has 1 fully saturated rings. The maximum Gasteiger partial charge on any atom is 0.241 e. The number of nitrogens with one attached hydrogen (secondary N) is 1. The predicted octanol–water partition coefficient (Wildman–Crippen LogP) is 2.44. The van der Waals surface area contributed by atoms with Crippen molar-refractivity contribution in [3.63, 3.8) is 0 Å². The Morgan fingerprint density at radius 3 is 2.58 bits per heavy atom. The van der Waals surface area contributed by atoms with Crippen molar-refractivity contribution in [2.24, 2.45) is 0 Å². The van der Waals surface area contributed by atoms with E-state index in [-0.39, 0.29) is 6.04 Å². The van der Waals surface area contributed by atoms with Crippen LogP contribution in [0.3, 0.4) is 0 Å². The van der Waals surface area contributed by atoms with E-state index >= 15 is 0 Å². The fourth-order valence-electron chi connectivity index (χ4n) is 2.62. The average molecular weight is 282 g/mol. The molecule has 0 aliphatic heterocycles. The number of nitrogen functional groups attached to an aromatic ring is 1. The number of rotatable bonds is 4. The molecule has 0 atom stereocenters. The van der Waals surface area contributed by atoms with Crippen LogP contribution in [0.2, 0.25) is 0 Å². The van der Waals surface area contributed by atoms with Gasteiger partial charge in [-0.25, -0.2) is 13.1 Å². The third kappa shape index (κ3) is 3.48. The van der Waals surface area contributed by atoms with Gasteiger partial charge in [-0.1, -0.05) is 32.3 Å². The van der Waals surface area contributed by atoms with Crippen LogP contribution in [0.4, 0.5) is 5.69 Å². The monoisotopic (exact) mass is 282 g/mol. The summed E-state index contributed by atoms with van der Waals surface area (Å²) in [6.07, 6.45) is 5.96. The molecule has 19 heavy (non-hydrogen) atoms. The van der Waals surface area contributed by atoms with E-state index in [4.69, 9.17) is 5.73 Å². The molecule has 0 saturated heterocycles. The zero-order valence-corrected chi connectivity index (χ0v) is 12.2. The molecule has 1 aromatic rings. The van der Waals surface area contributed by atoms with E-state index in [0.29, 0.717) is 17.0 Å². The number of hydrogen-bond donors (Lipinski definition) is 2. The zero-order chi connectivity index (χ0) is 13.9. The molecule has 2 rings (SSSR count). The lowest BCUT2D eigenvalue weighted by atomic mass is 9.96. The van der Waals surface area contributed by atoms with Crippen LogP contribution in [0.5, 0.6) is 0 Å². The predicted molar refractivity (Wildman–Crippen MR) is 77.4 cm³/mol. The Balaban J connectivity index is 2.25. The second kappa shape index (κ2) is 5.92. The summed E-state index contributed by atoms with van der Waals surface area (Å²) in [6.45, 7) is 1.95. The van der Waals surface area contributed by atoms with Crippen molar-refractivity contribution in [3.8, 4) is 0 Å². The lowest BCUT2D eigenvalue weighted by Gasteiger charge is -2.23. The smallest absolute Gasteiger partial charge is 0.241 e. The molecule has 0 unspecified atom stereocenters. The number of nitrogens with two attached hydrogens (primary N) is 1. The number of anilines is 1. The van der Waals surface area contributed by atoms with Crippen LogP contribution in [0, 0.1) is 0 Å². The highest BCUT2D eigenvalue weighted by Gasteiger charge is 2.23. The maximum absolute atomic E-state index is 12.5. The minimum Gasteiger partial charge on any atom is -0.399 e. The van der Waals surface area contributed by atoms with E-state index < -0.39 is 10.0 Å². The van der Waals surface area contributed by atoms with Gasteiger partial charge in [0.05, 0.1) is 4.90 Å². The number of hydrogen-bond acceptors (Lipinski definition) is 3. The summed E-state index contributed by atoms with van der Waals surface area (Å²) in [4.78, 5) is 0.334. The first-order valence-corrected chi connectivity index (χ1v) is 8.42. The lowest BCUT2D eigenvalue weighted by molar-refractivity contribution is 0.412. The van der Waals surface area contributed by atoms with Gasteiger partial charge in [0, 0.05) is 11.7 Å². The third-order valence-electron chi connectivity index (χ3n) is 3.69. The Kier molecular flexibility index (Phi) is 4.47. The standard InChI is InChI=1S/C14H22N2O2S/c1-2-11-8-9-12(15)10-14(11)19(17,18)16-13-6-4-3-5-7-13/h8-10,13,16H,2-7,15H2,1H3. The van der Waals surface area contributed by atoms with E-state index in [1.807, 2.05) is 6.92 Å². The summed E-state index contributed by atoms with van der Waals surface area (Å²) >= 11 is 0. The molecular formula is C14H22N2O2S. The van der Waals surface area contributed by atoms with E-state index in [2.05, 4.69) is 4.72 Å². The summed E-state index contributed by atoms with van der Waals surface area (Å²) < 4.78 is 27.8. The highest BCUT2D eigenvalue weighted by atomic mass is 32.2. The number of benzene rings is 1. The molecule has 1 aliphatic rings. The van der Waals surface area contributed by atoms with Crippen LogP contribution < -0.4 is 10.5 Å². The lowest BCUT2D eigenvalue weighted by Crippen LogP contribution is -2.36. The first-order valence-electron chi connectivity index (χ1n) is 6.93. The van der Waals surface area contributed by atoms with Crippen LogP contribution in [0.15, 0.2) is 23.1 Å². The first kappa shape index (κ1) is 14.3. The van der Waals surface area contributed by atoms with Crippen LogP contribution in [0.1, 0.15) is 44.6 Å². The Morgan fingerprint density at radius 1 is 1.26 bits per heavy atom. The van der Waals surface area contributed by atoms with Crippen LogP contribution in [-0.2, 0) is 16.4 Å². The van der Waals surface area contributed by atoms with Crippen molar-refractivity contribution < 1.29 is 8.42 Å². The van der Waals surface area contributed by atoms with Crippen LogP contribution >= 0.6 is 0 Å². The maximum atomic E-state index is 12.5. The topological polar surface area (TPSA) is 72.2 Å². The molecule has 5 heteroatoms. The normalized spacial score (nSPS) is 17.5. The minimum absolute atomic E-state index is 0.0740.